The van der Waals surface area contributed by atoms with Crippen molar-refractivity contribution in [1.82, 2.24) is 0 Å². The van der Waals surface area contributed by atoms with Crippen LogP contribution in [-0.2, 0) is 66.3 Å². The first-order valence-electron chi connectivity index (χ1n) is 29.0. The molecular formula is C56H86O30. The van der Waals surface area contributed by atoms with Crippen molar-refractivity contribution in [2.75, 3.05) is 39.6 Å². The smallest absolute Gasteiger partial charge is 0.187 e. The van der Waals surface area contributed by atoms with Gasteiger partial charge in [-0.05, 0) is 57.1 Å². The fourth-order valence-electron chi connectivity index (χ4n) is 12.3. The number of aliphatic hydroxyl groups excluding tert-OH is 16. The number of rotatable bonds is 9. The van der Waals surface area contributed by atoms with Gasteiger partial charge >= 0.3 is 0 Å². The summed E-state index contributed by atoms with van der Waals surface area (Å²) in [4.78, 5) is 0. The Morgan fingerprint density at radius 3 is 1.09 bits per heavy atom. The molecular weight excluding hydrogens is 1150 g/mol. The Kier molecular flexibility index (Phi) is 22.9. The van der Waals surface area contributed by atoms with Gasteiger partial charge in [0, 0.05) is 0 Å². The standard InChI is InChI=1S/C56H86O30/c1-21(11-12-24-23(3)10-7-13-56(24,4)5)8-6-9-22(2)14-31-73-19-29-48-37(66)43(72)55(80-29)86-49-30(20-74-31)79-54(42(71)36(49)65)84-47-28(18-60)77-52(40(69)34(47)63)82-45-26(16-58)75-50(38(67)32(45)61)81-44-25(15-57)76-51(39(68)33(44)62)83-46-27(17-59)78-53(85-48)41(70)35(46)64/h6,8-9,11-12,14,25-55,57-72H,7,10,13,15-20H2,1-5H3/b9-6+,12-11+,21-8+,22-14+/t25?,26?,27-,28-,29?,30?,31?,32?,33?,34-,35?,36?,37?,38?,39?,40+,41-,42?,43?,44?,45?,46?,47?,48?,49?,50?,51?,52?,53?,54?,55?/m1/s1. The molecule has 0 amide bonds. The molecule has 16 N–H and O–H groups in total. The summed E-state index contributed by atoms with van der Waals surface area (Å²) in [6.45, 7) is 5.23. The van der Waals surface area contributed by atoms with Crippen LogP contribution >= 0.6 is 0 Å². The van der Waals surface area contributed by atoms with Crippen LogP contribution in [0.1, 0.15) is 53.9 Å². The van der Waals surface area contributed by atoms with Gasteiger partial charge in [-0.1, -0.05) is 60.9 Å². The minimum atomic E-state index is -2.15. The molecule has 0 aromatic rings. The van der Waals surface area contributed by atoms with E-state index in [2.05, 4.69) is 26.8 Å². The van der Waals surface area contributed by atoms with E-state index in [0.29, 0.717) is 5.57 Å². The van der Waals surface area contributed by atoms with Gasteiger partial charge < -0.3 is 148 Å². The van der Waals surface area contributed by atoms with E-state index in [-0.39, 0.29) is 5.41 Å². The maximum Gasteiger partial charge on any atom is 0.187 e. The number of allylic oxidation sites excluding steroid dienone is 9. The van der Waals surface area contributed by atoms with Crippen molar-refractivity contribution in [1.29, 1.82) is 0 Å². The zero-order valence-electron chi connectivity index (χ0n) is 48.1. The van der Waals surface area contributed by atoms with Gasteiger partial charge in [0.15, 0.2) is 44.0 Å². The largest absolute Gasteiger partial charge is 0.394 e. The highest BCUT2D eigenvalue weighted by Gasteiger charge is 2.59. The van der Waals surface area contributed by atoms with Crippen molar-refractivity contribution < 1.29 is 148 Å². The first-order chi connectivity index (χ1) is 40.9. The SMILES string of the molecule is CC1=C(/C=C/C(C)=C/C=C/C(C)=C/C2OCC3OC4OC5[C@@H](CO)OC(OC6C(CO)OC(OC7C(CO)OC(OC8C(O)[C@@H](O)C(OC9C(CO2)OC(OC3C(O)C4O)C(O)C9O)O[C@@H]8CO)C(O)C7O)C(O)C6O)[C@@H](O)[C@H]5O)C(C)(C)CCC1. The molecule has 20 fully saturated rings. The molecule has 20 heterocycles. The van der Waals surface area contributed by atoms with Crippen LogP contribution in [0.3, 0.4) is 0 Å². The Morgan fingerprint density at radius 1 is 0.430 bits per heavy atom. The second kappa shape index (κ2) is 29.0. The monoisotopic (exact) mass is 1240 g/mol. The highest BCUT2D eigenvalue weighted by molar-refractivity contribution is 5.37. The first kappa shape index (κ1) is 67.9. The van der Waals surface area contributed by atoms with Crippen LogP contribution in [0.2, 0.25) is 0 Å². The summed E-state index contributed by atoms with van der Waals surface area (Å²) in [5.41, 5.74) is 4.21. The molecule has 20 saturated heterocycles. The fraction of sp³-hybridized carbons (Fsp3) is 0.821. The molecule has 21 rings (SSSR count). The van der Waals surface area contributed by atoms with E-state index < -0.39 is 230 Å². The molecule has 30 heteroatoms. The topological polar surface area (TPSA) is 453 Å². The van der Waals surface area contributed by atoms with Gasteiger partial charge in [0.25, 0.3) is 0 Å². The molecule has 14 bridgehead atoms. The Labute approximate surface area is 495 Å². The summed E-state index contributed by atoms with van der Waals surface area (Å²) < 4.78 is 83.8. The van der Waals surface area contributed by atoms with Gasteiger partial charge in [-0.15, -0.1) is 0 Å². The quantitative estimate of drug-likeness (QED) is 0.0955. The molecule has 1 aliphatic carbocycles. The normalized spacial score (nSPS) is 49.4. The molecule has 26 unspecified atom stereocenters. The van der Waals surface area contributed by atoms with Crippen LogP contribution in [0.15, 0.2) is 58.7 Å². The summed E-state index contributed by atoms with van der Waals surface area (Å²) in [7, 11) is 0. The van der Waals surface area contributed by atoms with E-state index in [1.165, 1.54) is 11.1 Å². The van der Waals surface area contributed by atoms with Crippen LogP contribution in [0.4, 0.5) is 0 Å². The van der Waals surface area contributed by atoms with Crippen molar-refractivity contribution in [3.63, 3.8) is 0 Å². The summed E-state index contributed by atoms with van der Waals surface area (Å²) in [6.07, 6.45) is -44.6. The van der Waals surface area contributed by atoms with Gasteiger partial charge in [0.05, 0.1) is 39.6 Å². The predicted octanol–water partition coefficient (Wildman–Crippen LogP) is -6.13. The van der Waals surface area contributed by atoms with Crippen LogP contribution < -0.4 is 0 Å². The van der Waals surface area contributed by atoms with Crippen LogP contribution in [0, 0.1) is 5.41 Å². The number of ether oxygens (including phenoxy) is 14. The summed E-state index contributed by atoms with van der Waals surface area (Å²) in [6, 6.07) is 0. The van der Waals surface area contributed by atoms with Crippen molar-refractivity contribution in [2.45, 2.75) is 244 Å². The minimum absolute atomic E-state index is 0.0370. The van der Waals surface area contributed by atoms with E-state index in [1.807, 2.05) is 25.2 Å². The summed E-state index contributed by atoms with van der Waals surface area (Å²) >= 11 is 0. The Hall–Kier alpha value is -2.50. The third kappa shape index (κ3) is 14.4. The lowest BCUT2D eigenvalue weighted by Gasteiger charge is -2.50. The average molecular weight is 1240 g/mol. The third-order valence-electron chi connectivity index (χ3n) is 17.3. The second-order valence-corrected chi connectivity index (χ2v) is 24.0. The maximum absolute atomic E-state index is 11.9. The van der Waals surface area contributed by atoms with Crippen LogP contribution in [0.5, 0.6) is 0 Å². The zero-order valence-corrected chi connectivity index (χ0v) is 48.1. The number of hydrogen-bond donors (Lipinski definition) is 16. The lowest BCUT2D eigenvalue weighted by atomic mass is 9.72. The van der Waals surface area contributed by atoms with Crippen LogP contribution in [-0.4, -0.2) is 312 Å². The van der Waals surface area contributed by atoms with Gasteiger partial charge in [-0.3, -0.25) is 0 Å². The molecule has 0 aromatic carbocycles. The zero-order chi connectivity index (χ0) is 62.2. The molecule has 0 aromatic heterocycles. The summed E-state index contributed by atoms with van der Waals surface area (Å²) in [5, 5.41) is 181. The lowest BCUT2D eigenvalue weighted by Crippen LogP contribution is -2.69. The Bertz CT molecular complexity index is 2360. The summed E-state index contributed by atoms with van der Waals surface area (Å²) in [5.74, 6) is 0. The van der Waals surface area contributed by atoms with Crippen LogP contribution in [0.25, 0.3) is 0 Å². The first-order valence-corrected chi connectivity index (χ1v) is 29.0. The van der Waals surface area contributed by atoms with Gasteiger partial charge in [0.2, 0.25) is 0 Å². The van der Waals surface area contributed by atoms with E-state index >= 15 is 0 Å². The number of hydrogen-bond acceptors (Lipinski definition) is 30. The average Bonchev–Trinajstić information content (AvgIpc) is 1.37. The minimum Gasteiger partial charge on any atom is -0.394 e. The Morgan fingerprint density at radius 2 is 0.756 bits per heavy atom. The molecule has 86 heavy (non-hydrogen) atoms. The lowest BCUT2D eigenvalue weighted by molar-refractivity contribution is -0.403. The molecule has 20 aliphatic heterocycles. The molecule has 0 spiro atoms. The third-order valence-corrected chi connectivity index (χ3v) is 17.3. The molecule has 490 valence electrons. The van der Waals surface area contributed by atoms with E-state index in [9.17, 15) is 81.7 Å². The van der Waals surface area contributed by atoms with Crippen molar-refractivity contribution in [2.24, 2.45) is 5.41 Å². The highest BCUT2D eigenvalue weighted by atomic mass is 16.8. The molecule has 31 atom stereocenters. The van der Waals surface area contributed by atoms with E-state index in [1.54, 1.807) is 19.1 Å². The highest BCUT2D eigenvalue weighted by Crippen LogP contribution is 2.42. The van der Waals surface area contributed by atoms with Crippen molar-refractivity contribution in [3.8, 4) is 0 Å². The van der Waals surface area contributed by atoms with E-state index in [4.69, 9.17) is 66.3 Å². The van der Waals surface area contributed by atoms with Gasteiger partial charge in [-0.25, -0.2) is 0 Å². The van der Waals surface area contributed by atoms with Gasteiger partial charge in [-0.2, -0.15) is 0 Å². The molecule has 21 aliphatic rings. The molecule has 30 nitrogen and oxygen atoms in total. The Balaban J connectivity index is 1.05. The molecule has 0 saturated carbocycles. The second-order valence-electron chi connectivity index (χ2n) is 24.0. The fourth-order valence-corrected chi connectivity index (χ4v) is 12.3. The van der Waals surface area contributed by atoms with Crippen molar-refractivity contribution >= 4 is 0 Å². The van der Waals surface area contributed by atoms with Gasteiger partial charge in [0.1, 0.15) is 146 Å². The number of aliphatic hydroxyl groups is 16. The van der Waals surface area contributed by atoms with E-state index in [0.717, 1.165) is 24.8 Å². The molecule has 0 radical (unpaired) electrons. The maximum atomic E-state index is 11.9. The predicted molar refractivity (Wildman–Crippen MR) is 283 cm³/mol. The van der Waals surface area contributed by atoms with Crippen molar-refractivity contribution in [3.05, 3.63) is 58.7 Å².